The molecule has 30 heavy (non-hydrogen) atoms. The Morgan fingerprint density at radius 1 is 1.13 bits per heavy atom. The number of hydrogen-bond donors (Lipinski definition) is 1. The van der Waals surface area contributed by atoms with Gasteiger partial charge in [-0.3, -0.25) is 9.69 Å². The predicted octanol–water partition coefficient (Wildman–Crippen LogP) is 3.96. The van der Waals surface area contributed by atoms with Crippen molar-refractivity contribution in [1.29, 1.82) is 0 Å². The first-order chi connectivity index (χ1) is 14.3. The van der Waals surface area contributed by atoms with Crippen molar-refractivity contribution in [2.24, 2.45) is 0 Å². The minimum Gasteiger partial charge on any atom is -0.495 e. The first kappa shape index (κ1) is 21.7. The molecule has 9 heteroatoms. The molecule has 1 aliphatic heterocycles. The molecule has 1 aliphatic rings. The third kappa shape index (κ3) is 4.42. The Balaban J connectivity index is 1.89. The summed E-state index contributed by atoms with van der Waals surface area (Å²) in [6.45, 7) is 1.43. The zero-order valence-electron chi connectivity index (χ0n) is 16.4. The molecule has 0 aromatic heterocycles. The van der Waals surface area contributed by atoms with Gasteiger partial charge in [-0.25, -0.2) is 4.79 Å². The SMILES string of the molecule is COc1cc(/C=C2/SC(=S)N(c3ccccc3OC)C2=O)ccc1OC(C)C(=O)O. The van der Waals surface area contributed by atoms with E-state index in [4.69, 9.17) is 31.5 Å². The maximum absolute atomic E-state index is 13.0. The summed E-state index contributed by atoms with van der Waals surface area (Å²) in [6, 6.07) is 12.1. The summed E-state index contributed by atoms with van der Waals surface area (Å²) in [5, 5.41) is 9.02. The van der Waals surface area contributed by atoms with Gasteiger partial charge in [0.05, 0.1) is 24.8 Å². The number of rotatable bonds is 7. The van der Waals surface area contributed by atoms with Crippen LogP contribution in [0.4, 0.5) is 5.69 Å². The average Bonchev–Trinajstić information content (AvgIpc) is 3.01. The molecule has 156 valence electrons. The maximum Gasteiger partial charge on any atom is 0.344 e. The molecule has 7 nitrogen and oxygen atoms in total. The molecule has 1 N–H and O–H groups in total. The van der Waals surface area contributed by atoms with Crippen LogP contribution in [0.3, 0.4) is 0 Å². The highest BCUT2D eigenvalue weighted by Gasteiger charge is 2.34. The third-order valence-corrected chi connectivity index (χ3v) is 5.56. The van der Waals surface area contributed by atoms with Crippen LogP contribution in [0.2, 0.25) is 0 Å². The number of nitrogens with zero attached hydrogens (tertiary/aromatic N) is 1. The normalized spacial score (nSPS) is 16.0. The van der Waals surface area contributed by atoms with E-state index in [0.717, 1.165) is 0 Å². The fraction of sp³-hybridized carbons (Fsp3) is 0.190. The number of carbonyl (C=O) groups is 2. The second-order valence-electron chi connectivity index (χ2n) is 6.20. The van der Waals surface area contributed by atoms with Gasteiger partial charge in [0.25, 0.3) is 5.91 Å². The van der Waals surface area contributed by atoms with Gasteiger partial charge in [-0.1, -0.05) is 42.2 Å². The minimum absolute atomic E-state index is 0.256. The summed E-state index contributed by atoms with van der Waals surface area (Å²) < 4.78 is 16.5. The van der Waals surface area contributed by atoms with Crippen molar-refractivity contribution in [1.82, 2.24) is 0 Å². The van der Waals surface area contributed by atoms with Crippen molar-refractivity contribution in [3.63, 3.8) is 0 Å². The molecular formula is C21H19NO6S2. The molecule has 1 fully saturated rings. The molecule has 3 rings (SSSR count). The third-order valence-electron chi connectivity index (χ3n) is 4.26. The Morgan fingerprint density at radius 2 is 1.83 bits per heavy atom. The molecule has 1 saturated heterocycles. The molecule has 1 unspecified atom stereocenters. The van der Waals surface area contributed by atoms with Crippen LogP contribution in [0.1, 0.15) is 12.5 Å². The van der Waals surface area contributed by atoms with Crippen LogP contribution in [-0.4, -0.2) is 41.6 Å². The van der Waals surface area contributed by atoms with Crippen LogP contribution in [-0.2, 0) is 9.59 Å². The number of amides is 1. The molecule has 0 radical (unpaired) electrons. The molecule has 1 heterocycles. The Kier molecular flexibility index (Phi) is 6.63. The van der Waals surface area contributed by atoms with Crippen LogP contribution in [0.25, 0.3) is 6.08 Å². The number of carboxylic acid groups (broad SMARTS) is 1. The molecule has 2 aromatic carbocycles. The lowest BCUT2D eigenvalue weighted by molar-refractivity contribution is -0.144. The lowest BCUT2D eigenvalue weighted by Crippen LogP contribution is -2.27. The summed E-state index contributed by atoms with van der Waals surface area (Å²) in [5.41, 5.74) is 1.26. The maximum atomic E-state index is 13.0. The second-order valence-corrected chi connectivity index (χ2v) is 7.87. The van der Waals surface area contributed by atoms with E-state index in [-0.39, 0.29) is 5.91 Å². The smallest absolute Gasteiger partial charge is 0.344 e. The zero-order chi connectivity index (χ0) is 21.8. The van der Waals surface area contributed by atoms with Gasteiger partial charge < -0.3 is 19.3 Å². The second kappa shape index (κ2) is 9.19. The highest BCUT2D eigenvalue weighted by atomic mass is 32.2. The minimum atomic E-state index is -1.08. The van der Waals surface area contributed by atoms with Gasteiger partial charge >= 0.3 is 5.97 Å². The fourth-order valence-corrected chi connectivity index (χ4v) is 4.04. The fourth-order valence-electron chi connectivity index (χ4n) is 2.75. The molecular weight excluding hydrogens is 426 g/mol. The van der Waals surface area contributed by atoms with E-state index in [1.165, 1.54) is 37.8 Å². The molecule has 2 aromatic rings. The number of hydrogen-bond acceptors (Lipinski definition) is 7. The van der Waals surface area contributed by atoms with Crippen LogP contribution in [0, 0.1) is 0 Å². The summed E-state index contributed by atoms with van der Waals surface area (Å²) in [6.07, 6.45) is 0.670. The highest BCUT2D eigenvalue weighted by Crippen LogP contribution is 2.40. The number of ether oxygens (including phenoxy) is 3. The quantitative estimate of drug-likeness (QED) is 0.506. The van der Waals surface area contributed by atoms with Crippen molar-refractivity contribution < 1.29 is 28.9 Å². The number of thioether (sulfide) groups is 1. The highest BCUT2D eigenvalue weighted by molar-refractivity contribution is 8.27. The average molecular weight is 446 g/mol. The van der Waals surface area contributed by atoms with Gasteiger partial charge in [-0.05, 0) is 42.8 Å². The van der Waals surface area contributed by atoms with Crippen LogP contribution >= 0.6 is 24.0 Å². The monoisotopic (exact) mass is 445 g/mol. The van der Waals surface area contributed by atoms with Crippen molar-refractivity contribution in [3.8, 4) is 17.2 Å². The predicted molar refractivity (Wildman–Crippen MR) is 119 cm³/mol. The lowest BCUT2D eigenvalue weighted by atomic mass is 10.1. The van der Waals surface area contributed by atoms with Crippen molar-refractivity contribution in [2.45, 2.75) is 13.0 Å². The lowest BCUT2D eigenvalue weighted by Gasteiger charge is -2.17. The van der Waals surface area contributed by atoms with E-state index in [1.807, 2.05) is 12.1 Å². The standard InChI is InChI=1S/C21H19NO6S2/c1-12(20(24)25)28-16-9-8-13(10-17(16)27-3)11-18-19(23)22(21(29)30-18)14-6-4-5-7-15(14)26-2/h4-12H,1-3H3,(H,24,25)/b18-11+. The molecule has 0 spiro atoms. The van der Waals surface area contributed by atoms with E-state index < -0.39 is 12.1 Å². The van der Waals surface area contributed by atoms with Gasteiger partial charge in [-0.2, -0.15) is 0 Å². The van der Waals surface area contributed by atoms with Crippen LogP contribution in [0.15, 0.2) is 47.4 Å². The summed E-state index contributed by atoms with van der Waals surface area (Å²) in [5.74, 6) is -0.136. The van der Waals surface area contributed by atoms with E-state index in [2.05, 4.69) is 0 Å². The Morgan fingerprint density at radius 3 is 2.50 bits per heavy atom. The number of aliphatic carboxylic acids is 1. The van der Waals surface area contributed by atoms with Crippen molar-refractivity contribution in [3.05, 3.63) is 52.9 Å². The van der Waals surface area contributed by atoms with Gasteiger partial charge in [0.15, 0.2) is 21.9 Å². The molecule has 0 bridgehead atoms. The first-order valence-electron chi connectivity index (χ1n) is 8.84. The Bertz CT molecular complexity index is 1040. The summed E-state index contributed by atoms with van der Waals surface area (Å²) in [7, 11) is 2.99. The summed E-state index contributed by atoms with van der Waals surface area (Å²) >= 11 is 6.60. The van der Waals surface area contributed by atoms with Crippen LogP contribution < -0.4 is 19.1 Å². The Labute approximate surface area is 183 Å². The van der Waals surface area contributed by atoms with Gasteiger partial charge in [-0.15, -0.1) is 0 Å². The number of carbonyl (C=O) groups excluding carboxylic acids is 1. The Hall–Kier alpha value is -3.04. The van der Waals surface area contributed by atoms with Gasteiger partial charge in [0, 0.05) is 0 Å². The van der Waals surface area contributed by atoms with Gasteiger partial charge in [0.1, 0.15) is 5.75 Å². The zero-order valence-corrected chi connectivity index (χ0v) is 18.1. The van der Waals surface area contributed by atoms with Crippen molar-refractivity contribution >= 4 is 51.9 Å². The number of methoxy groups -OCH3 is 2. The number of anilines is 1. The molecule has 0 aliphatic carbocycles. The first-order valence-corrected chi connectivity index (χ1v) is 10.1. The largest absolute Gasteiger partial charge is 0.495 e. The molecule has 1 atom stereocenters. The number of para-hydroxylation sites is 2. The van der Waals surface area contributed by atoms with E-state index >= 15 is 0 Å². The number of thiocarbonyl (C=S) groups is 1. The molecule has 0 saturated carbocycles. The van der Waals surface area contributed by atoms with E-state index in [0.29, 0.717) is 37.7 Å². The van der Waals surface area contributed by atoms with E-state index in [1.54, 1.807) is 36.4 Å². The number of benzene rings is 2. The van der Waals surface area contributed by atoms with Crippen molar-refractivity contribution in [2.75, 3.05) is 19.1 Å². The van der Waals surface area contributed by atoms with Gasteiger partial charge in [0.2, 0.25) is 0 Å². The molecule has 1 amide bonds. The number of carboxylic acids is 1. The van der Waals surface area contributed by atoms with E-state index in [9.17, 15) is 9.59 Å². The van der Waals surface area contributed by atoms with Crippen LogP contribution in [0.5, 0.6) is 17.2 Å². The summed E-state index contributed by atoms with van der Waals surface area (Å²) in [4.78, 5) is 25.9. The topological polar surface area (TPSA) is 85.3 Å².